The standard InChI is InChI=1S/C31H48N2O2/c1-4-6-7-8-9-10-11-12-13-14-15-16-25-35-30-19-17-18-29(27(30)3)26-32-31(34)28-20-23-33(22-5-2)24-21-28/h17-21,23-24H,4-16,22,25-26H2,1-3H3/p+1. The number of aryl methyl sites for hydroxylation is 1. The van der Waals surface area contributed by atoms with Crippen LogP contribution in [0.15, 0.2) is 42.7 Å². The highest BCUT2D eigenvalue weighted by Crippen LogP contribution is 2.22. The van der Waals surface area contributed by atoms with Crippen LogP contribution in [0.25, 0.3) is 0 Å². The molecule has 1 amide bonds. The van der Waals surface area contributed by atoms with E-state index in [1.807, 2.05) is 36.7 Å². The summed E-state index contributed by atoms with van der Waals surface area (Å²) >= 11 is 0. The highest BCUT2D eigenvalue weighted by atomic mass is 16.5. The number of pyridine rings is 1. The molecule has 4 heteroatoms. The van der Waals surface area contributed by atoms with E-state index in [1.54, 1.807) is 0 Å². The van der Waals surface area contributed by atoms with Crippen LogP contribution in [-0.2, 0) is 13.1 Å². The number of carbonyl (C=O) groups is 1. The van der Waals surface area contributed by atoms with Crippen LogP contribution in [0.1, 0.15) is 119 Å². The fraction of sp³-hybridized carbons (Fsp3) is 0.613. The predicted octanol–water partition coefficient (Wildman–Crippen LogP) is 7.70. The van der Waals surface area contributed by atoms with E-state index in [0.29, 0.717) is 12.1 Å². The molecule has 1 aromatic heterocycles. The number of rotatable bonds is 19. The van der Waals surface area contributed by atoms with Gasteiger partial charge in [-0.25, -0.2) is 4.57 Å². The summed E-state index contributed by atoms with van der Waals surface area (Å²) in [5.74, 6) is 0.885. The number of ether oxygens (including phenoxy) is 1. The Morgan fingerprint density at radius 2 is 1.40 bits per heavy atom. The summed E-state index contributed by atoms with van der Waals surface area (Å²) in [6.45, 7) is 8.73. The average Bonchev–Trinajstić information content (AvgIpc) is 2.87. The minimum atomic E-state index is -0.0455. The van der Waals surface area contributed by atoms with Crippen molar-refractivity contribution in [2.24, 2.45) is 0 Å². The van der Waals surface area contributed by atoms with Crippen molar-refractivity contribution in [3.8, 4) is 5.75 Å². The highest BCUT2D eigenvalue weighted by Gasteiger charge is 2.10. The largest absolute Gasteiger partial charge is 0.493 e. The molecule has 0 saturated carbocycles. The minimum Gasteiger partial charge on any atom is -0.493 e. The van der Waals surface area contributed by atoms with E-state index in [1.165, 1.54) is 70.6 Å². The van der Waals surface area contributed by atoms with Gasteiger partial charge in [0.2, 0.25) is 0 Å². The molecule has 0 atom stereocenters. The zero-order valence-corrected chi connectivity index (χ0v) is 22.6. The van der Waals surface area contributed by atoms with E-state index in [9.17, 15) is 4.79 Å². The van der Waals surface area contributed by atoms with E-state index in [0.717, 1.165) is 42.9 Å². The Bertz CT molecular complexity index is 832. The van der Waals surface area contributed by atoms with E-state index in [-0.39, 0.29) is 5.91 Å². The maximum absolute atomic E-state index is 12.5. The van der Waals surface area contributed by atoms with Crippen LogP contribution in [0.4, 0.5) is 0 Å². The third-order valence-electron chi connectivity index (χ3n) is 6.73. The molecule has 2 rings (SSSR count). The molecule has 0 radical (unpaired) electrons. The number of nitrogens with one attached hydrogen (secondary N) is 1. The lowest BCUT2D eigenvalue weighted by Crippen LogP contribution is -2.33. The number of amides is 1. The molecular weight excluding hydrogens is 432 g/mol. The number of carbonyl (C=O) groups excluding carboxylic acids is 1. The molecule has 0 bridgehead atoms. The topological polar surface area (TPSA) is 42.2 Å². The lowest BCUT2D eigenvalue weighted by molar-refractivity contribution is -0.697. The molecule has 4 nitrogen and oxygen atoms in total. The Labute approximate surface area is 214 Å². The van der Waals surface area contributed by atoms with E-state index >= 15 is 0 Å². The van der Waals surface area contributed by atoms with Crippen LogP contribution in [0, 0.1) is 6.92 Å². The monoisotopic (exact) mass is 481 g/mol. The van der Waals surface area contributed by atoms with Gasteiger partial charge in [0.25, 0.3) is 5.91 Å². The molecule has 1 aromatic carbocycles. The van der Waals surface area contributed by atoms with Gasteiger partial charge < -0.3 is 10.1 Å². The highest BCUT2D eigenvalue weighted by molar-refractivity contribution is 5.93. The zero-order valence-electron chi connectivity index (χ0n) is 22.6. The van der Waals surface area contributed by atoms with Gasteiger partial charge in [-0.1, -0.05) is 96.6 Å². The summed E-state index contributed by atoms with van der Waals surface area (Å²) in [5.41, 5.74) is 2.90. The average molecular weight is 482 g/mol. The lowest BCUT2D eigenvalue weighted by Gasteiger charge is -2.13. The molecule has 35 heavy (non-hydrogen) atoms. The van der Waals surface area contributed by atoms with Crippen LogP contribution in [0.5, 0.6) is 5.75 Å². The molecule has 0 aliphatic rings. The summed E-state index contributed by atoms with van der Waals surface area (Å²) in [4.78, 5) is 12.5. The summed E-state index contributed by atoms with van der Waals surface area (Å²) in [5, 5.41) is 3.05. The van der Waals surface area contributed by atoms with Gasteiger partial charge in [0, 0.05) is 25.1 Å². The Balaban J connectivity index is 1.61. The number of aromatic nitrogens is 1. The van der Waals surface area contributed by atoms with Gasteiger partial charge in [0.05, 0.1) is 12.2 Å². The first-order valence-electron chi connectivity index (χ1n) is 14.1. The second kappa shape index (κ2) is 18.0. The fourth-order valence-corrected chi connectivity index (χ4v) is 4.43. The van der Waals surface area contributed by atoms with Crippen molar-refractivity contribution in [2.45, 2.75) is 117 Å². The second-order valence-electron chi connectivity index (χ2n) is 9.79. The first kappa shape index (κ1) is 28.9. The zero-order chi connectivity index (χ0) is 25.1. The number of unbranched alkanes of at least 4 members (excludes halogenated alkanes) is 11. The molecule has 0 saturated heterocycles. The van der Waals surface area contributed by atoms with Gasteiger partial charge >= 0.3 is 0 Å². The number of hydrogen-bond donors (Lipinski definition) is 1. The SMILES string of the molecule is CCCCCCCCCCCCCCOc1cccc(CNC(=O)c2cc[n+](CCC)cc2)c1C. The lowest BCUT2D eigenvalue weighted by atomic mass is 10.1. The van der Waals surface area contributed by atoms with Gasteiger partial charge in [-0.05, 0) is 30.5 Å². The van der Waals surface area contributed by atoms with Gasteiger partial charge in [-0.2, -0.15) is 0 Å². The maximum Gasteiger partial charge on any atom is 0.252 e. The van der Waals surface area contributed by atoms with Crippen LogP contribution in [-0.4, -0.2) is 12.5 Å². The van der Waals surface area contributed by atoms with Gasteiger partial charge in [0.1, 0.15) is 12.3 Å². The molecule has 1 heterocycles. The van der Waals surface area contributed by atoms with Crippen molar-refractivity contribution in [2.75, 3.05) is 6.61 Å². The quantitative estimate of drug-likeness (QED) is 0.165. The Morgan fingerprint density at radius 3 is 2.00 bits per heavy atom. The van der Waals surface area contributed by atoms with Crippen molar-refractivity contribution in [3.05, 3.63) is 59.4 Å². The summed E-state index contributed by atoms with van der Waals surface area (Å²) in [6.07, 6.45) is 21.2. The number of hydrogen-bond acceptors (Lipinski definition) is 2. The molecule has 0 unspecified atom stereocenters. The Hall–Kier alpha value is -2.36. The molecule has 2 aromatic rings. The third-order valence-corrected chi connectivity index (χ3v) is 6.73. The fourth-order valence-electron chi connectivity index (χ4n) is 4.43. The van der Waals surface area contributed by atoms with E-state index < -0.39 is 0 Å². The number of benzene rings is 1. The van der Waals surface area contributed by atoms with E-state index in [4.69, 9.17) is 4.74 Å². The van der Waals surface area contributed by atoms with Crippen molar-refractivity contribution in [1.29, 1.82) is 0 Å². The van der Waals surface area contributed by atoms with Crippen LogP contribution in [0.3, 0.4) is 0 Å². The van der Waals surface area contributed by atoms with Gasteiger partial charge in [-0.15, -0.1) is 0 Å². The van der Waals surface area contributed by atoms with Crippen LogP contribution < -0.4 is 14.6 Å². The second-order valence-corrected chi connectivity index (χ2v) is 9.79. The molecule has 1 N–H and O–H groups in total. The summed E-state index contributed by atoms with van der Waals surface area (Å²) in [7, 11) is 0. The molecule has 0 fully saturated rings. The smallest absolute Gasteiger partial charge is 0.252 e. The van der Waals surface area contributed by atoms with Crippen molar-refractivity contribution in [1.82, 2.24) is 5.32 Å². The van der Waals surface area contributed by atoms with Crippen molar-refractivity contribution in [3.63, 3.8) is 0 Å². The molecular formula is C31H49N2O2+. The third kappa shape index (κ3) is 11.7. The van der Waals surface area contributed by atoms with E-state index in [2.05, 4.69) is 36.7 Å². The Kier molecular flexibility index (Phi) is 14.8. The van der Waals surface area contributed by atoms with Crippen molar-refractivity contribution >= 4 is 5.91 Å². The van der Waals surface area contributed by atoms with Crippen LogP contribution in [0.2, 0.25) is 0 Å². The van der Waals surface area contributed by atoms with Crippen LogP contribution >= 0.6 is 0 Å². The first-order chi connectivity index (χ1) is 17.2. The Morgan fingerprint density at radius 1 is 0.800 bits per heavy atom. The molecule has 0 spiro atoms. The van der Waals surface area contributed by atoms with Crippen molar-refractivity contribution < 1.29 is 14.1 Å². The molecule has 194 valence electrons. The van der Waals surface area contributed by atoms with Gasteiger partial charge in [0.15, 0.2) is 12.4 Å². The molecule has 0 aliphatic heterocycles. The summed E-state index contributed by atoms with van der Waals surface area (Å²) < 4.78 is 8.18. The predicted molar refractivity (Wildman–Crippen MR) is 146 cm³/mol. The maximum atomic E-state index is 12.5. The first-order valence-corrected chi connectivity index (χ1v) is 14.1. The number of nitrogens with zero attached hydrogens (tertiary/aromatic N) is 1. The van der Waals surface area contributed by atoms with Gasteiger partial charge in [-0.3, -0.25) is 4.79 Å². The molecule has 0 aliphatic carbocycles. The summed E-state index contributed by atoms with van der Waals surface area (Å²) in [6, 6.07) is 9.87. The minimum absolute atomic E-state index is 0.0455. The normalized spacial score (nSPS) is 10.9.